The van der Waals surface area contributed by atoms with Crippen molar-refractivity contribution in [3.63, 3.8) is 0 Å². The summed E-state index contributed by atoms with van der Waals surface area (Å²) in [5.74, 6) is 0.571. The lowest BCUT2D eigenvalue weighted by molar-refractivity contribution is -0.133. The molecule has 1 aliphatic heterocycles. The molecule has 4 N–H and O–H groups in total. The van der Waals surface area contributed by atoms with Crippen molar-refractivity contribution in [3.8, 4) is 11.5 Å². The molecule has 4 aromatic carbocycles. The van der Waals surface area contributed by atoms with Crippen LogP contribution in [0.4, 0.5) is 20.7 Å². The van der Waals surface area contributed by atoms with Crippen molar-refractivity contribution in [1.29, 1.82) is 0 Å². The van der Waals surface area contributed by atoms with Gasteiger partial charge in [-0.3, -0.25) is 14.4 Å². The number of rotatable bonds is 17. The predicted molar refractivity (Wildman–Crippen MR) is 241 cm³/mol. The molecular weight excluding hydrogens is 854 g/mol. The van der Waals surface area contributed by atoms with Crippen molar-refractivity contribution in [2.24, 2.45) is 0 Å². The lowest BCUT2D eigenvalue weighted by atomic mass is 9.92. The number of ketones is 2. The molecule has 0 spiro atoms. The van der Waals surface area contributed by atoms with Crippen LogP contribution in [-0.4, -0.2) is 71.5 Å². The number of hydrogen-bond donors (Lipinski definition) is 4. The Morgan fingerprint density at radius 2 is 1.66 bits per heavy atom. The largest absolute Gasteiger partial charge is 0.494 e. The number of amides is 3. The van der Waals surface area contributed by atoms with Crippen LogP contribution >= 0.6 is 0 Å². The van der Waals surface area contributed by atoms with E-state index in [-0.39, 0.29) is 72.8 Å². The fraction of sp³-hybridized carbons (Fsp3) is 0.333. The molecule has 1 aromatic heterocycles. The van der Waals surface area contributed by atoms with E-state index in [1.807, 2.05) is 55.5 Å². The highest BCUT2D eigenvalue weighted by Crippen LogP contribution is 2.36. The molecule has 7 rings (SSSR count). The minimum atomic E-state index is -3.71. The number of aromatic nitrogens is 2. The van der Waals surface area contributed by atoms with Gasteiger partial charge in [-0.05, 0) is 93.6 Å². The highest BCUT2D eigenvalue weighted by molar-refractivity contribution is 7.89. The Bertz CT molecular complexity index is 2690. The average Bonchev–Trinajstić information content (AvgIpc) is 3.58. The van der Waals surface area contributed by atoms with E-state index >= 15 is 0 Å². The summed E-state index contributed by atoms with van der Waals surface area (Å²) in [6.07, 6.45) is 3.07. The second-order valence-electron chi connectivity index (χ2n) is 17.2. The predicted octanol–water partition coefficient (Wildman–Crippen LogP) is 6.83. The van der Waals surface area contributed by atoms with Crippen molar-refractivity contribution in [2.75, 3.05) is 18.5 Å². The SMILES string of the molecule is Cc1cnc(Cc2ccc(OCCCNC(=O)NCc3ccc(COc4cc(F)cc5c4CN([C@H]4CCC(=O)CC4=O)C5=O)cc3)cc2)nc1Nc1cccc(S(=O)(=O)NC(C)(C)C)c1. The molecule has 0 bridgehead atoms. The van der Waals surface area contributed by atoms with Gasteiger partial charge >= 0.3 is 6.03 Å². The third-order valence-corrected chi connectivity index (χ3v) is 12.5. The van der Waals surface area contributed by atoms with Gasteiger partial charge in [0.05, 0.1) is 36.1 Å². The number of anilines is 2. The van der Waals surface area contributed by atoms with Crippen LogP contribution < -0.4 is 30.1 Å². The number of ether oxygens (including phenoxy) is 2. The summed E-state index contributed by atoms with van der Waals surface area (Å²) in [5.41, 5.74) is 4.07. The second-order valence-corrected chi connectivity index (χ2v) is 18.8. The Hall–Kier alpha value is -6.72. The van der Waals surface area contributed by atoms with Gasteiger partial charge in [0.1, 0.15) is 41.3 Å². The summed E-state index contributed by atoms with van der Waals surface area (Å²) in [6.45, 7) is 8.54. The Morgan fingerprint density at radius 3 is 2.40 bits per heavy atom. The summed E-state index contributed by atoms with van der Waals surface area (Å²) in [7, 11) is -3.71. The highest BCUT2D eigenvalue weighted by atomic mass is 32.2. The lowest BCUT2D eigenvalue weighted by Crippen LogP contribution is -2.44. The van der Waals surface area contributed by atoms with Crippen molar-refractivity contribution >= 4 is 45.0 Å². The third-order valence-electron chi connectivity index (χ3n) is 10.7. The molecule has 1 aliphatic carbocycles. The lowest BCUT2D eigenvalue weighted by Gasteiger charge is -2.29. The molecule has 2 heterocycles. The normalized spacial score (nSPS) is 15.1. The van der Waals surface area contributed by atoms with Gasteiger partial charge in [-0.25, -0.2) is 32.3 Å². The topological polar surface area (TPSA) is 198 Å². The number of nitrogens with one attached hydrogen (secondary N) is 4. The standard InChI is InChI=1S/C48H52FN7O8S/c1-30-26-51-44(54-45(30)53-35-7-5-8-38(24-35)65(61,62)55-48(2,3)4)21-31-13-16-37(17-14-31)63-20-6-19-50-47(60)52-27-32-9-11-33(12-10-32)29-64-43-23-34(49)22-39-40(43)28-56(46(39)59)41-18-15-36(57)25-42(41)58/h5,7-14,16-17,22-24,26,41,55H,6,15,18-21,25,27-29H2,1-4H3,(H2,50,52,60)(H,51,53,54)/t41-/m0/s1. The number of halogens is 1. The average molecular weight is 906 g/mol. The van der Waals surface area contributed by atoms with Crippen LogP contribution in [0.5, 0.6) is 11.5 Å². The molecule has 0 unspecified atom stereocenters. The molecule has 0 radical (unpaired) electrons. The van der Waals surface area contributed by atoms with Gasteiger partial charge in [-0.1, -0.05) is 42.5 Å². The number of carbonyl (C=O) groups is 4. The molecule has 1 atom stereocenters. The number of fused-ring (bicyclic) bond motifs is 1. The summed E-state index contributed by atoms with van der Waals surface area (Å²) in [6, 6.07) is 22.9. The van der Waals surface area contributed by atoms with E-state index in [2.05, 4.69) is 25.7 Å². The molecule has 3 amide bonds. The Kier molecular flexibility index (Phi) is 14.2. The van der Waals surface area contributed by atoms with Crippen LogP contribution in [0, 0.1) is 12.7 Å². The minimum Gasteiger partial charge on any atom is -0.494 e. The van der Waals surface area contributed by atoms with E-state index in [4.69, 9.17) is 14.5 Å². The maximum Gasteiger partial charge on any atom is 0.315 e. The molecular formula is C48H52FN7O8S. The second kappa shape index (κ2) is 20.0. The number of aryl methyl sites for hydroxylation is 1. The van der Waals surface area contributed by atoms with E-state index in [1.54, 1.807) is 51.2 Å². The summed E-state index contributed by atoms with van der Waals surface area (Å²) in [4.78, 5) is 60.6. The first-order chi connectivity index (χ1) is 31.0. The van der Waals surface area contributed by atoms with E-state index < -0.39 is 33.3 Å². The van der Waals surface area contributed by atoms with Crippen LogP contribution in [0.15, 0.2) is 96.0 Å². The van der Waals surface area contributed by atoms with Gasteiger partial charge < -0.3 is 30.3 Å². The summed E-state index contributed by atoms with van der Waals surface area (Å²) in [5, 5.41) is 8.91. The van der Waals surface area contributed by atoms with Gasteiger partial charge in [0.2, 0.25) is 10.0 Å². The number of urea groups is 1. The first kappa shape index (κ1) is 46.3. The zero-order chi connectivity index (χ0) is 46.3. The van der Waals surface area contributed by atoms with E-state index in [0.29, 0.717) is 54.6 Å². The number of nitrogens with zero attached hydrogens (tertiary/aromatic N) is 3. The van der Waals surface area contributed by atoms with Crippen LogP contribution in [0.3, 0.4) is 0 Å². The molecule has 5 aromatic rings. The van der Waals surface area contributed by atoms with Gasteiger partial charge in [0.25, 0.3) is 5.91 Å². The first-order valence-electron chi connectivity index (χ1n) is 21.3. The van der Waals surface area contributed by atoms with Crippen molar-refractivity contribution in [2.45, 2.75) is 96.0 Å². The number of hydrogen-bond acceptors (Lipinski definition) is 11. The van der Waals surface area contributed by atoms with E-state index in [9.17, 15) is 32.0 Å². The highest BCUT2D eigenvalue weighted by Gasteiger charge is 2.40. The van der Waals surface area contributed by atoms with Crippen LogP contribution in [0.1, 0.15) is 90.5 Å². The maximum atomic E-state index is 14.6. The minimum absolute atomic E-state index is 0.102. The molecule has 65 heavy (non-hydrogen) atoms. The van der Waals surface area contributed by atoms with E-state index in [1.165, 1.54) is 11.0 Å². The van der Waals surface area contributed by atoms with Gasteiger partial charge in [0, 0.05) is 60.5 Å². The monoisotopic (exact) mass is 905 g/mol. The Morgan fingerprint density at radius 1 is 0.923 bits per heavy atom. The van der Waals surface area contributed by atoms with Crippen LogP contribution in [0.25, 0.3) is 0 Å². The van der Waals surface area contributed by atoms with Gasteiger partial charge in [0.15, 0.2) is 5.78 Å². The maximum absolute atomic E-state index is 14.6. The van der Waals surface area contributed by atoms with E-state index in [0.717, 1.165) is 28.3 Å². The number of carbonyl (C=O) groups excluding carboxylic acids is 4. The summed E-state index contributed by atoms with van der Waals surface area (Å²) >= 11 is 0. The van der Waals surface area contributed by atoms with Crippen LogP contribution in [0.2, 0.25) is 0 Å². The van der Waals surface area contributed by atoms with Gasteiger partial charge in [-0.15, -0.1) is 0 Å². The smallest absolute Gasteiger partial charge is 0.315 e. The number of benzene rings is 4. The third kappa shape index (κ3) is 12.3. The van der Waals surface area contributed by atoms with Crippen molar-refractivity contribution in [3.05, 3.63) is 136 Å². The quantitative estimate of drug-likeness (QED) is 0.0564. The molecule has 2 aliphatic rings. The zero-order valence-corrected chi connectivity index (χ0v) is 37.5. The molecule has 340 valence electrons. The van der Waals surface area contributed by atoms with Crippen molar-refractivity contribution < 1.29 is 41.5 Å². The zero-order valence-electron chi connectivity index (χ0n) is 36.7. The molecule has 15 nitrogen and oxygen atoms in total. The fourth-order valence-corrected chi connectivity index (χ4v) is 8.94. The Labute approximate surface area is 377 Å². The van der Waals surface area contributed by atoms with Gasteiger partial charge in [-0.2, -0.15) is 0 Å². The Balaban J connectivity index is 0.804. The first-order valence-corrected chi connectivity index (χ1v) is 22.8. The fourth-order valence-electron chi connectivity index (χ4n) is 7.47. The molecule has 1 saturated carbocycles. The summed E-state index contributed by atoms with van der Waals surface area (Å²) < 4.78 is 54.8. The molecule has 17 heteroatoms. The molecule has 0 saturated heterocycles. The number of Topliss-reactive ketones (excluding diaryl/α,β-unsaturated/α-hetero) is 2. The van der Waals surface area contributed by atoms with Crippen molar-refractivity contribution in [1.82, 2.24) is 30.2 Å². The van der Waals surface area contributed by atoms with Crippen LogP contribution in [-0.2, 0) is 45.7 Å². The molecule has 1 fully saturated rings. The number of sulfonamides is 1.